The van der Waals surface area contributed by atoms with Crippen molar-refractivity contribution in [2.45, 2.75) is 157 Å². The molecule has 0 spiro atoms. The average Bonchev–Trinajstić information content (AvgIpc) is 2.74. The fraction of sp³-hybridized carbons (Fsp3) is 0.923. The fourth-order valence-corrected chi connectivity index (χ4v) is 2.41. The van der Waals surface area contributed by atoms with Crippen molar-refractivity contribution in [1.82, 2.24) is 0 Å². The molecule has 0 rings (SSSR count). The van der Waals surface area contributed by atoms with Crippen LogP contribution in [0.15, 0.2) is 0 Å². The molecule has 0 aliphatic heterocycles. The number of carbonyl (C=O) groups is 2. The van der Waals surface area contributed by atoms with Gasteiger partial charge in [0.1, 0.15) is 0 Å². The molecule has 0 aliphatic carbocycles. The molecule has 4 nitrogen and oxygen atoms in total. The molecule has 0 saturated heterocycles. The van der Waals surface area contributed by atoms with Gasteiger partial charge in [0.15, 0.2) is 0 Å². The maximum absolute atomic E-state index is 9.37. The fourth-order valence-electron chi connectivity index (χ4n) is 2.41. The number of unbranched alkanes of at least 4 members (excludes halogenated alkanes) is 14. The number of hydrogen-bond donors (Lipinski definition) is 2. The zero-order chi connectivity index (χ0) is 23.9. The minimum absolute atomic E-state index is 0.222. The summed E-state index contributed by atoms with van der Waals surface area (Å²) < 4.78 is 0. The Kier molecular flexibility index (Phi) is 46.7. The molecule has 30 heavy (non-hydrogen) atoms. The van der Waals surface area contributed by atoms with Gasteiger partial charge in [0.05, 0.1) is 0 Å². The van der Waals surface area contributed by atoms with Crippen LogP contribution in [-0.2, 0) is 9.59 Å². The molecular weight excluding hydrogens is 376 g/mol. The molecule has 0 aromatic carbocycles. The Morgan fingerprint density at radius 1 is 0.400 bits per heavy atom. The van der Waals surface area contributed by atoms with E-state index in [4.69, 9.17) is 10.2 Å². The van der Waals surface area contributed by atoms with Crippen LogP contribution >= 0.6 is 0 Å². The summed E-state index contributed by atoms with van der Waals surface area (Å²) in [6.45, 7) is 12.3. The Morgan fingerprint density at radius 3 is 0.633 bits per heavy atom. The van der Waals surface area contributed by atoms with E-state index in [1.165, 1.54) is 103 Å². The van der Waals surface area contributed by atoms with Gasteiger partial charge in [0.25, 0.3) is 0 Å². The van der Waals surface area contributed by atoms with E-state index in [2.05, 4.69) is 27.7 Å². The van der Waals surface area contributed by atoms with Crippen molar-refractivity contribution in [1.29, 1.82) is 0 Å². The molecule has 0 saturated carbocycles. The van der Waals surface area contributed by atoms with Crippen LogP contribution in [0.5, 0.6) is 0 Å². The van der Waals surface area contributed by atoms with E-state index in [0.717, 1.165) is 0 Å². The molecule has 0 amide bonds. The monoisotopic (exact) mass is 432 g/mol. The smallest absolute Gasteiger partial charge is 0.303 e. The summed E-state index contributed by atoms with van der Waals surface area (Å²) in [5, 5.41) is 15.4. The molecule has 0 aliphatic rings. The van der Waals surface area contributed by atoms with Gasteiger partial charge in [-0.05, 0) is 0 Å². The molecule has 0 radical (unpaired) electrons. The van der Waals surface area contributed by atoms with Gasteiger partial charge in [-0.2, -0.15) is 0 Å². The lowest BCUT2D eigenvalue weighted by atomic mass is 10.1. The largest absolute Gasteiger partial charge is 0.481 e. The van der Waals surface area contributed by atoms with Gasteiger partial charge in [-0.25, -0.2) is 0 Å². The first-order chi connectivity index (χ1) is 14.4. The highest BCUT2D eigenvalue weighted by atomic mass is 16.4. The SMILES string of the molecule is CCC(=O)O.CCC(=O)O.CCCCCCCCCC.CCCCCCCCCC. The molecular formula is C26H56O4. The van der Waals surface area contributed by atoms with Gasteiger partial charge in [0.2, 0.25) is 0 Å². The number of aliphatic carboxylic acids is 2. The minimum atomic E-state index is -0.745. The first-order valence-electron chi connectivity index (χ1n) is 12.8. The van der Waals surface area contributed by atoms with Crippen LogP contribution in [0.3, 0.4) is 0 Å². The van der Waals surface area contributed by atoms with E-state index in [1.807, 2.05) is 0 Å². The van der Waals surface area contributed by atoms with Crippen LogP contribution < -0.4 is 0 Å². The van der Waals surface area contributed by atoms with Gasteiger partial charge in [0, 0.05) is 12.8 Å². The normalized spacial score (nSPS) is 9.27. The number of carboxylic acids is 2. The maximum atomic E-state index is 9.37. The van der Waals surface area contributed by atoms with Crippen molar-refractivity contribution in [3.63, 3.8) is 0 Å². The Balaban J connectivity index is -0.000000159. The summed E-state index contributed by atoms with van der Waals surface area (Å²) in [5.74, 6) is -1.49. The van der Waals surface area contributed by atoms with Crippen molar-refractivity contribution in [2.75, 3.05) is 0 Å². The van der Waals surface area contributed by atoms with Crippen LogP contribution in [0.4, 0.5) is 0 Å². The van der Waals surface area contributed by atoms with E-state index < -0.39 is 11.9 Å². The van der Waals surface area contributed by atoms with Crippen molar-refractivity contribution >= 4 is 11.9 Å². The average molecular weight is 433 g/mol. The topological polar surface area (TPSA) is 74.6 Å². The molecule has 4 heteroatoms. The molecule has 0 fully saturated rings. The summed E-state index contributed by atoms with van der Waals surface area (Å²) in [6.07, 6.45) is 23.4. The third kappa shape index (κ3) is 63.2. The zero-order valence-electron chi connectivity index (χ0n) is 21.4. The molecule has 2 N–H and O–H groups in total. The lowest BCUT2D eigenvalue weighted by Crippen LogP contribution is -1.86. The summed E-state index contributed by atoms with van der Waals surface area (Å²) >= 11 is 0. The lowest BCUT2D eigenvalue weighted by molar-refractivity contribution is -0.137. The molecule has 0 atom stereocenters. The first kappa shape index (κ1) is 36.3. The highest BCUT2D eigenvalue weighted by Gasteiger charge is 1.88. The Bertz CT molecular complexity index is 257. The van der Waals surface area contributed by atoms with E-state index in [1.54, 1.807) is 13.8 Å². The van der Waals surface area contributed by atoms with Gasteiger partial charge < -0.3 is 10.2 Å². The summed E-state index contributed by atoms with van der Waals surface area (Å²) in [6, 6.07) is 0. The third-order valence-corrected chi connectivity index (χ3v) is 4.52. The van der Waals surface area contributed by atoms with Crippen molar-refractivity contribution in [3.8, 4) is 0 Å². The van der Waals surface area contributed by atoms with Gasteiger partial charge in [-0.15, -0.1) is 0 Å². The zero-order valence-corrected chi connectivity index (χ0v) is 21.4. The predicted octanol–water partition coefficient (Wildman–Crippen LogP) is 9.26. The Hall–Kier alpha value is -1.06. The van der Waals surface area contributed by atoms with Crippen molar-refractivity contribution < 1.29 is 19.8 Å². The molecule has 0 unspecified atom stereocenters. The van der Waals surface area contributed by atoms with E-state index in [9.17, 15) is 9.59 Å². The van der Waals surface area contributed by atoms with Gasteiger partial charge in [-0.1, -0.05) is 144 Å². The second-order valence-corrected chi connectivity index (χ2v) is 7.74. The highest BCUT2D eigenvalue weighted by Crippen LogP contribution is 2.08. The first-order valence-corrected chi connectivity index (χ1v) is 12.8. The number of rotatable bonds is 16. The van der Waals surface area contributed by atoms with E-state index >= 15 is 0 Å². The Labute approximate surface area is 189 Å². The van der Waals surface area contributed by atoms with Crippen LogP contribution in [0.1, 0.15) is 157 Å². The minimum Gasteiger partial charge on any atom is -0.481 e. The number of carboxylic acid groups (broad SMARTS) is 2. The standard InChI is InChI=1S/2C10H22.2C3H6O2/c2*1-3-5-7-9-10-8-6-4-2;2*1-2-3(4)5/h2*3-10H2,1-2H3;2*2H2,1H3,(H,4,5). The highest BCUT2D eigenvalue weighted by molar-refractivity contribution is 5.66. The van der Waals surface area contributed by atoms with Gasteiger partial charge >= 0.3 is 11.9 Å². The summed E-state index contributed by atoms with van der Waals surface area (Å²) in [4.78, 5) is 18.7. The maximum Gasteiger partial charge on any atom is 0.303 e. The molecule has 0 bridgehead atoms. The van der Waals surface area contributed by atoms with E-state index in [0.29, 0.717) is 0 Å². The van der Waals surface area contributed by atoms with Crippen LogP contribution in [-0.4, -0.2) is 22.2 Å². The summed E-state index contributed by atoms with van der Waals surface area (Å²) in [5.41, 5.74) is 0. The van der Waals surface area contributed by atoms with Crippen molar-refractivity contribution in [3.05, 3.63) is 0 Å². The van der Waals surface area contributed by atoms with Crippen LogP contribution in [0, 0.1) is 0 Å². The molecule has 0 aromatic heterocycles. The van der Waals surface area contributed by atoms with E-state index in [-0.39, 0.29) is 12.8 Å². The second kappa shape index (κ2) is 38.5. The molecule has 0 aromatic rings. The number of hydrogen-bond acceptors (Lipinski definition) is 2. The second-order valence-electron chi connectivity index (χ2n) is 7.74. The quantitative estimate of drug-likeness (QED) is 0.238. The van der Waals surface area contributed by atoms with Crippen LogP contribution in [0.2, 0.25) is 0 Å². The van der Waals surface area contributed by atoms with Crippen LogP contribution in [0.25, 0.3) is 0 Å². The van der Waals surface area contributed by atoms with Gasteiger partial charge in [-0.3, -0.25) is 9.59 Å². The summed E-state index contributed by atoms with van der Waals surface area (Å²) in [7, 11) is 0. The lowest BCUT2D eigenvalue weighted by Gasteiger charge is -1.97. The Morgan fingerprint density at radius 2 is 0.533 bits per heavy atom. The third-order valence-electron chi connectivity index (χ3n) is 4.52. The van der Waals surface area contributed by atoms with Crippen molar-refractivity contribution in [2.24, 2.45) is 0 Å². The molecule has 184 valence electrons. The predicted molar refractivity (Wildman–Crippen MR) is 132 cm³/mol. The molecule has 0 heterocycles.